The molecule has 3 aromatic rings. The second-order valence-electron chi connectivity index (χ2n) is 4.17. The molecule has 0 unspecified atom stereocenters. The summed E-state index contributed by atoms with van der Waals surface area (Å²) in [7, 11) is 0. The number of hydrogen-bond donors (Lipinski definition) is 0. The summed E-state index contributed by atoms with van der Waals surface area (Å²) in [6, 6.07) is 13.9. The lowest BCUT2D eigenvalue weighted by atomic mass is 10.0. The molecule has 3 heteroatoms. The van der Waals surface area contributed by atoms with E-state index in [2.05, 4.69) is 23.2 Å². The molecule has 0 saturated carbocycles. The van der Waals surface area contributed by atoms with Crippen molar-refractivity contribution < 1.29 is 4.79 Å². The first-order valence-electron chi connectivity index (χ1n) is 5.69. The first kappa shape index (κ1) is 11.1. The van der Waals surface area contributed by atoms with E-state index in [9.17, 15) is 4.79 Å². The van der Waals surface area contributed by atoms with E-state index in [0.717, 1.165) is 22.2 Å². The van der Waals surface area contributed by atoms with Gasteiger partial charge in [-0.1, -0.05) is 30.3 Å². The van der Waals surface area contributed by atoms with E-state index < -0.39 is 0 Å². The summed E-state index contributed by atoms with van der Waals surface area (Å²) in [6.45, 7) is 1.58. The van der Waals surface area contributed by atoms with Crippen LogP contribution in [-0.2, 0) is 0 Å². The van der Waals surface area contributed by atoms with Gasteiger partial charge in [0.2, 0.25) is 0 Å². The molecule has 1 heterocycles. The standard InChI is InChI=1S/C15H11NOS/c1-10(17)11-2-4-12(5-3-11)13-6-7-15-14(8-13)16-9-18-15/h2-9H,1H3. The zero-order valence-electron chi connectivity index (χ0n) is 9.88. The average molecular weight is 253 g/mol. The van der Waals surface area contributed by atoms with Gasteiger partial charge >= 0.3 is 0 Å². The van der Waals surface area contributed by atoms with Crippen molar-refractivity contribution in [3.05, 3.63) is 53.5 Å². The highest BCUT2D eigenvalue weighted by Gasteiger charge is 2.03. The quantitative estimate of drug-likeness (QED) is 0.642. The van der Waals surface area contributed by atoms with Crippen molar-refractivity contribution in [3.8, 4) is 11.1 Å². The molecular weight excluding hydrogens is 242 g/mol. The minimum Gasteiger partial charge on any atom is -0.295 e. The van der Waals surface area contributed by atoms with Crippen LogP contribution >= 0.6 is 11.3 Å². The van der Waals surface area contributed by atoms with Gasteiger partial charge in [-0.2, -0.15) is 0 Å². The second-order valence-corrected chi connectivity index (χ2v) is 5.05. The van der Waals surface area contributed by atoms with Crippen LogP contribution in [0.2, 0.25) is 0 Å². The van der Waals surface area contributed by atoms with Gasteiger partial charge in [0.05, 0.1) is 15.7 Å². The highest BCUT2D eigenvalue weighted by molar-refractivity contribution is 7.16. The van der Waals surface area contributed by atoms with Crippen LogP contribution in [-0.4, -0.2) is 10.8 Å². The largest absolute Gasteiger partial charge is 0.295 e. The maximum atomic E-state index is 11.2. The topological polar surface area (TPSA) is 30.0 Å². The Morgan fingerprint density at radius 1 is 1.06 bits per heavy atom. The van der Waals surface area contributed by atoms with Crippen molar-refractivity contribution in [2.75, 3.05) is 0 Å². The first-order valence-corrected chi connectivity index (χ1v) is 6.56. The Hall–Kier alpha value is -2.00. The molecule has 0 saturated heterocycles. The molecule has 2 nitrogen and oxygen atoms in total. The summed E-state index contributed by atoms with van der Waals surface area (Å²) >= 11 is 1.64. The molecule has 0 radical (unpaired) electrons. The van der Waals surface area contributed by atoms with Crippen LogP contribution < -0.4 is 0 Å². The maximum Gasteiger partial charge on any atom is 0.159 e. The summed E-state index contributed by atoms with van der Waals surface area (Å²) in [5.74, 6) is 0.0940. The van der Waals surface area contributed by atoms with Crippen LogP contribution in [0.25, 0.3) is 21.3 Å². The lowest BCUT2D eigenvalue weighted by Gasteiger charge is -2.02. The summed E-state index contributed by atoms with van der Waals surface area (Å²) < 4.78 is 1.19. The number of rotatable bonds is 2. The lowest BCUT2D eigenvalue weighted by molar-refractivity contribution is 0.101. The normalized spacial score (nSPS) is 10.7. The monoisotopic (exact) mass is 253 g/mol. The molecule has 0 amide bonds. The number of ketones is 1. The molecule has 0 aliphatic rings. The minimum atomic E-state index is 0.0940. The number of carbonyl (C=O) groups is 1. The summed E-state index contributed by atoms with van der Waals surface area (Å²) in [6.07, 6.45) is 0. The molecular formula is C15H11NOS. The summed E-state index contributed by atoms with van der Waals surface area (Å²) in [5, 5.41) is 0. The molecule has 0 N–H and O–H groups in total. The minimum absolute atomic E-state index is 0.0940. The van der Waals surface area contributed by atoms with Crippen LogP contribution in [0.3, 0.4) is 0 Å². The third-order valence-electron chi connectivity index (χ3n) is 2.96. The first-order chi connectivity index (χ1) is 8.74. The summed E-state index contributed by atoms with van der Waals surface area (Å²) in [5.41, 5.74) is 5.85. The molecule has 0 atom stereocenters. The molecule has 0 aliphatic heterocycles. The van der Waals surface area contributed by atoms with Gasteiger partial charge < -0.3 is 0 Å². The lowest BCUT2D eigenvalue weighted by Crippen LogP contribution is -1.90. The van der Waals surface area contributed by atoms with Crippen molar-refractivity contribution in [3.63, 3.8) is 0 Å². The zero-order valence-corrected chi connectivity index (χ0v) is 10.7. The van der Waals surface area contributed by atoms with E-state index in [-0.39, 0.29) is 5.78 Å². The smallest absolute Gasteiger partial charge is 0.159 e. The molecule has 18 heavy (non-hydrogen) atoms. The average Bonchev–Trinajstić information content (AvgIpc) is 2.86. The van der Waals surface area contributed by atoms with Gasteiger partial charge in [-0.05, 0) is 30.2 Å². The van der Waals surface area contributed by atoms with Gasteiger partial charge in [-0.15, -0.1) is 11.3 Å². The Balaban J connectivity index is 2.05. The van der Waals surface area contributed by atoms with Gasteiger partial charge in [0.1, 0.15) is 0 Å². The fourth-order valence-corrected chi connectivity index (χ4v) is 2.59. The Labute approximate surface area is 109 Å². The predicted octanol–water partition coefficient (Wildman–Crippen LogP) is 4.17. The van der Waals surface area contributed by atoms with Crippen molar-refractivity contribution in [2.24, 2.45) is 0 Å². The van der Waals surface area contributed by atoms with Crippen LogP contribution in [0, 0.1) is 0 Å². The van der Waals surface area contributed by atoms with Crippen LogP contribution in [0.5, 0.6) is 0 Å². The fourth-order valence-electron chi connectivity index (χ4n) is 1.93. The summed E-state index contributed by atoms with van der Waals surface area (Å²) in [4.78, 5) is 15.5. The van der Waals surface area contributed by atoms with E-state index in [4.69, 9.17) is 0 Å². The number of nitrogens with zero attached hydrogens (tertiary/aromatic N) is 1. The molecule has 2 aromatic carbocycles. The number of Topliss-reactive ketones (excluding diaryl/α,β-unsaturated/α-hetero) is 1. The van der Waals surface area contributed by atoms with Crippen molar-refractivity contribution in [1.82, 2.24) is 4.98 Å². The van der Waals surface area contributed by atoms with E-state index in [0.29, 0.717) is 0 Å². The molecule has 88 valence electrons. The second kappa shape index (κ2) is 4.35. The number of aromatic nitrogens is 1. The van der Waals surface area contributed by atoms with Crippen molar-refractivity contribution in [2.45, 2.75) is 6.92 Å². The van der Waals surface area contributed by atoms with Crippen LogP contribution in [0.4, 0.5) is 0 Å². The van der Waals surface area contributed by atoms with Crippen molar-refractivity contribution in [1.29, 1.82) is 0 Å². The molecule has 0 spiro atoms. The Morgan fingerprint density at radius 2 is 1.78 bits per heavy atom. The molecule has 0 aliphatic carbocycles. The predicted molar refractivity (Wildman–Crippen MR) is 75.1 cm³/mol. The van der Waals surface area contributed by atoms with E-state index in [1.807, 2.05) is 29.8 Å². The molecule has 0 fully saturated rings. The highest BCUT2D eigenvalue weighted by Crippen LogP contribution is 2.26. The highest BCUT2D eigenvalue weighted by atomic mass is 32.1. The van der Waals surface area contributed by atoms with Gasteiger partial charge in [0, 0.05) is 5.56 Å². The van der Waals surface area contributed by atoms with Crippen LogP contribution in [0.1, 0.15) is 17.3 Å². The zero-order chi connectivity index (χ0) is 12.5. The van der Waals surface area contributed by atoms with Gasteiger partial charge in [-0.25, -0.2) is 4.98 Å². The van der Waals surface area contributed by atoms with Crippen molar-refractivity contribution >= 4 is 27.3 Å². The Kier molecular flexibility index (Phi) is 2.68. The van der Waals surface area contributed by atoms with Gasteiger partial charge in [0.25, 0.3) is 0 Å². The van der Waals surface area contributed by atoms with E-state index >= 15 is 0 Å². The third kappa shape index (κ3) is 1.93. The number of thiazole rings is 1. The molecule has 3 rings (SSSR count). The van der Waals surface area contributed by atoms with Crippen LogP contribution in [0.15, 0.2) is 48.0 Å². The number of fused-ring (bicyclic) bond motifs is 1. The Bertz CT molecular complexity index is 713. The van der Waals surface area contributed by atoms with E-state index in [1.54, 1.807) is 18.3 Å². The van der Waals surface area contributed by atoms with Gasteiger partial charge in [0.15, 0.2) is 5.78 Å². The number of carbonyl (C=O) groups excluding carboxylic acids is 1. The SMILES string of the molecule is CC(=O)c1ccc(-c2ccc3scnc3c2)cc1. The molecule has 0 bridgehead atoms. The number of hydrogen-bond acceptors (Lipinski definition) is 3. The molecule has 1 aromatic heterocycles. The number of benzene rings is 2. The maximum absolute atomic E-state index is 11.2. The Morgan fingerprint density at radius 3 is 2.50 bits per heavy atom. The van der Waals surface area contributed by atoms with Gasteiger partial charge in [-0.3, -0.25) is 4.79 Å². The fraction of sp³-hybridized carbons (Fsp3) is 0.0667. The van der Waals surface area contributed by atoms with E-state index in [1.165, 1.54) is 4.70 Å². The third-order valence-corrected chi connectivity index (χ3v) is 3.77.